The fourth-order valence-corrected chi connectivity index (χ4v) is 2.71. The van der Waals surface area contributed by atoms with Crippen LogP contribution in [0.2, 0.25) is 0 Å². The lowest BCUT2D eigenvalue weighted by molar-refractivity contribution is 0.220. The molecule has 1 aromatic rings. The van der Waals surface area contributed by atoms with Crippen LogP contribution in [0, 0.1) is 12.8 Å². The highest BCUT2D eigenvalue weighted by Gasteiger charge is 2.27. The van der Waals surface area contributed by atoms with Crippen LogP contribution in [0.5, 0.6) is 0 Å². The number of anilines is 1. The third-order valence-electron chi connectivity index (χ3n) is 3.73. The molecule has 2 atom stereocenters. The molecule has 1 aromatic heterocycles. The Balaban J connectivity index is 2.24. The molecule has 2 N–H and O–H groups in total. The molecule has 1 aliphatic rings. The number of nitrogens with two attached hydrogens (primary N) is 1. The SMILES string of the molecule is CCC1CCCCC1n1ncc(C)c1N. The van der Waals surface area contributed by atoms with E-state index < -0.39 is 0 Å². The fourth-order valence-electron chi connectivity index (χ4n) is 2.71. The third kappa shape index (κ3) is 1.87. The Hall–Kier alpha value is -0.990. The van der Waals surface area contributed by atoms with Gasteiger partial charge in [-0.05, 0) is 25.7 Å². The van der Waals surface area contributed by atoms with Crippen LogP contribution in [0.1, 0.15) is 50.6 Å². The number of nitrogens with zero attached hydrogens (tertiary/aromatic N) is 2. The van der Waals surface area contributed by atoms with Gasteiger partial charge < -0.3 is 5.73 Å². The molecule has 2 rings (SSSR count). The Morgan fingerprint density at radius 2 is 2.20 bits per heavy atom. The molecular weight excluding hydrogens is 186 g/mol. The van der Waals surface area contributed by atoms with E-state index in [9.17, 15) is 0 Å². The molecule has 84 valence electrons. The van der Waals surface area contributed by atoms with Crippen LogP contribution in [-0.4, -0.2) is 9.78 Å². The number of rotatable bonds is 2. The zero-order valence-corrected chi connectivity index (χ0v) is 9.74. The van der Waals surface area contributed by atoms with Gasteiger partial charge in [0.1, 0.15) is 5.82 Å². The Kier molecular flexibility index (Phi) is 2.98. The van der Waals surface area contributed by atoms with Crippen molar-refractivity contribution in [2.24, 2.45) is 5.92 Å². The Labute approximate surface area is 91.7 Å². The highest BCUT2D eigenvalue weighted by atomic mass is 15.3. The molecule has 1 heterocycles. The maximum Gasteiger partial charge on any atom is 0.124 e. The van der Waals surface area contributed by atoms with Gasteiger partial charge >= 0.3 is 0 Å². The summed E-state index contributed by atoms with van der Waals surface area (Å²) < 4.78 is 2.06. The average Bonchev–Trinajstić information content (AvgIpc) is 2.60. The minimum absolute atomic E-state index is 0.539. The molecule has 1 aliphatic carbocycles. The van der Waals surface area contributed by atoms with Gasteiger partial charge in [0.05, 0.1) is 12.2 Å². The first-order chi connectivity index (χ1) is 7.24. The van der Waals surface area contributed by atoms with Gasteiger partial charge in [-0.3, -0.25) is 0 Å². The molecule has 0 aliphatic heterocycles. The zero-order chi connectivity index (χ0) is 10.8. The lowest BCUT2D eigenvalue weighted by Gasteiger charge is -2.31. The number of aromatic nitrogens is 2. The van der Waals surface area contributed by atoms with Crippen LogP contribution in [0.3, 0.4) is 0 Å². The summed E-state index contributed by atoms with van der Waals surface area (Å²) in [6, 6.07) is 0.539. The first-order valence-electron chi connectivity index (χ1n) is 6.03. The molecule has 3 nitrogen and oxygen atoms in total. The summed E-state index contributed by atoms with van der Waals surface area (Å²) in [4.78, 5) is 0. The number of hydrogen-bond donors (Lipinski definition) is 1. The Bertz CT molecular complexity index is 330. The smallest absolute Gasteiger partial charge is 0.124 e. The third-order valence-corrected chi connectivity index (χ3v) is 3.73. The van der Waals surface area contributed by atoms with Crippen molar-refractivity contribution in [1.82, 2.24) is 9.78 Å². The number of nitrogen functional groups attached to an aromatic ring is 1. The lowest BCUT2D eigenvalue weighted by atomic mass is 9.83. The summed E-state index contributed by atoms with van der Waals surface area (Å²) in [6.45, 7) is 4.30. The van der Waals surface area contributed by atoms with Crippen molar-refractivity contribution in [2.45, 2.75) is 52.0 Å². The van der Waals surface area contributed by atoms with E-state index in [1.54, 1.807) is 0 Å². The topological polar surface area (TPSA) is 43.8 Å². The zero-order valence-electron chi connectivity index (χ0n) is 9.74. The second-order valence-corrected chi connectivity index (χ2v) is 4.68. The van der Waals surface area contributed by atoms with Crippen molar-refractivity contribution in [1.29, 1.82) is 0 Å². The first-order valence-corrected chi connectivity index (χ1v) is 6.03. The van der Waals surface area contributed by atoms with Gasteiger partial charge in [-0.2, -0.15) is 5.10 Å². The standard InChI is InChI=1S/C12H21N3/c1-3-10-6-4-5-7-11(10)15-12(13)9(2)8-14-15/h8,10-11H,3-7,13H2,1-2H3. The summed E-state index contributed by atoms with van der Waals surface area (Å²) in [6.07, 6.45) is 8.39. The lowest BCUT2D eigenvalue weighted by Crippen LogP contribution is -2.24. The molecule has 15 heavy (non-hydrogen) atoms. The van der Waals surface area contributed by atoms with E-state index in [2.05, 4.69) is 16.7 Å². The van der Waals surface area contributed by atoms with E-state index in [0.717, 1.165) is 17.3 Å². The molecule has 0 bridgehead atoms. The van der Waals surface area contributed by atoms with Gasteiger partial charge in [0.2, 0.25) is 0 Å². The second kappa shape index (κ2) is 4.25. The van der Waals surface area contributed by atoms with Crippen LogP contribution in [-0.2, 0) is 0 Å². The van der Waals surface area contributed by atoms with E-state index in [4.69, 9.17) is 5.73 Å². The summed E-state index contributed by atoms with van der Waals surface area (Å²) in [5, 5.41) is 4.43. The van der Waals surface area contributed by atoms with Crippen molar-refractivity contribution >= 4 is 5.82 Å². The normalized spacial score (nSPS) is 26.8. The monoisotopic (exact) mass is 207 g/mol. The summed E-state index contributed by atoms with van der Waals surface area (Å²) in [7, 11) is 0. The van der Waals surface area contributed by atoms with Crippen molar-refractivity contribution < 1.29 is 0 Å². The predicted molar refractivity (Wildman–Crippen MR) is 62.7 cm³/mol. The van der Waals surface area contributed by atoms with Crippen molar-refractivity contribution in [3.05, 3.63) is 11.8 Å². The average molecular weight is 207 g/mol. The van der Waals surface area contributed by atoms with Crippen molar-refractivity contribution in [2.75, 3.05) is 5.73 Å². The highest BCUT2D eigenvalue weighted by molar-refractivity contribution is 5.37. The molecule has 0 saturated heterocycles. The predicted octanol–water partition coefficient (Wildman–Crippen LogP) is 2.92. The fraction of sp³-hybridized carbons (Fsp3) is 0.750. The molecular formula is C12H21N3. The molecule has 0 amide bonds. The quantitative estimate of drug-likeness (QED) is 0.810. The maximum atomic E-state index is 6.05. The van der Waals surface area contributed by atoms with Gasteiger partial charge in [-0.25, -0.2) is 4.68 Å². The van der Waals surface area contributed by atoms with Crippen LogP contribution in [0.4, 0.5) is 5.82 Å². The Morgan fingerprint density at radius 3 is 2.80 bits per heavy atom. The van der Waals surface area contributed by atoms with E-state index >= 15 is 0 Å². The largest absolute Gasteiger partial charge is 0.384 e. The van der Waals surface area contributed by atoms with Gasteiger partial charge in [-0.1, -0.05) is 26.2 Å². The van der Waals surface area contributed by atoms with Crippen LogP contribution >= 0.6 is 0 Å². The summed E-state index contributed by atoms with van der Waals surface area (Å²) in [5.74, 6) is 1.63. The summed E-state index contributed by atoms with van der Waals surface area (Å²) >= 11 is 0. The van der Waals surface area contributed by atoms with Gasteiger partial charge in [-0.15, -0.1) is 0 Å². The van der Waals surface area contributed by atoms with Gasteiger partial charge in [0.25, 0.3) is 0 Å². The van der Waals surface area contributed by atoms with Crippen LogP contribution in [0.15, 0.2) is 6.20 Å². The van der Waals surface area contributed by atoms with E-state index in [0.29, 0.717) is 6.04 Å². The molecule has 1 fully saturated rings. The van der Waals surface area contributed by atoms with Crippen molar-refractivity contribution in [3.8, 4) is 0 Å². The van der Waals surface area contributed by atoms with Crippen LogP contribution < -0.4 is 5.73 Å². The minimum atomic E-state index is 0.539. The Morgan fingerprint density at radius 1 is 1.47 bits per heavy atom. The van der Waals surface area contributed by atoms with Crippen LogP contribution in [0.25, 0.3) is 0 Å². The van der Waals surface area contributed by atoms with Gasteiger partial charge in [0, 0.05) is 5.56 Å². The second-order valence-electron chi connectivity index (χ2n) is 4.68. The molecule has 3 heteroatoms. The van der Waals surface area contributed by atoms with E-state index in [1.165, 1.54) is 32.1 Å². The molecule has 1 saturated carbocycles. The van der Waals surface area contributed by atoms with E-state index in [1.807, 2.05) is 13.1 Å². The minimum Gasteiger partial charge on any atom is -0.384 e. The first kappa shape index (κ1) is 10.5. The molecule has 0 aromatic carbocycles. The highest BCUT2D eigenvalue weighted by Crippen LogP contribution is 2.37. The molecule has 0 radical (unpaired) electrons. The molecule has 2 unspecified atom stereocenters. The number of hydrogen-bond acceptors (Lipinski definition) is 2. The molecule has 0 spiro atoms. The van der Waals surface area contributed by atoms with E-state index in [-0.39, 0.29) is 0 Å². The van der Waals surface area contributed by atoms with Crippen molar-refractivity contribution in [3.63, 3.8) is 0 Å². The number of aryl methyl sites for hydroxylation is 1. The van der Waals surface area contributed by atoms with Gasteiger partial charge in [0.15, 0.2) is 0 Å². The maximum absolute atomic E-state index is 6.05. The summed E-state index contributed by atoms with van der Waals surface area (Å²) in [5.41, 5.74) is 7.16.